The summed E-state index contributed by atoms with van der Waals surface area (Å²) in [6.07, 6.45) is 2.97. The molecule has 0 unspecified atom stereocenters. The fourth-order valence-electron chi connectivity index (χ4n) is 3.15. The first-order valence-corrected chi connectivity index (χ1v) is 8.56. The largest absolute Gasteiger partial charge is 0.444 e. The summed E-state index contributed by atoms with van der Waals surface area (Å²) in [6.45, 7) is 6.16. The van der Waals surface area contributed by atoms with Crippen molar-refractivity contribution in [3.8, 4) is 0 Å². The molecule has 0 bridgehead atoms. The number of piperidine rings is 1. The van der Waals surface area contributed by atoms with Crippen LogP contribution in [-0.2, 0) is 11.2 Å². The van der Waals surface area contributed by atoms with Crippen LogP contribution in [0.3, 0.4) is 0 Å². The Hall–Kier alpha value is -2.18. The molecule has 0 saturated carbocycles. The van der Waals surface area contributed by atoms with Crippen LogP contribution in [0.15, 0.2) is 12.1 Å². The monoisotopic (exact) mass is 351 g/mol. The molecular formula is C18H23F2N3O2. The van der Waals surface area contributed by atoms with Crippen molar-refractivity contribution in [2.75, 3.05) is 6.54 Å². The number of hydrogen-bond donors (Lipinski definition) is 1. The molecule has 1 fully saturated rings. The summed E-state index contributed by atoms with van der Waals surface area (Å²) in [5, 5.41) is 0. The Balaban J connectivity index is 1.78. The van der Waals surface area contributed by atoms with Crippen molar-refractivity contribution in [1.29, 1.82) is 0 Å². The van der Waals surface area contributed by atoms with E-state index in [0.717, 1.165) is 31.4 Å². The molecule has 5 nitrogen and oxygen atoms in total. The Morgan fingerprint density at radius 1 is 1.32 bits per heavy atom. The van der Waals surface area contributed by atoms with E-state index >= 15 is 0 Å². The number of likely N-dealkylation sites (tertiary alicyclic amines) is 1. The lowest BCUT2D eigenvalue weighted by Gasteiger charge is -2.36. The van der Waals surface area contributed by atoms with E-state index in [1.165, 1.54) is 0 Å². The van der Waals surface area contributed by atoms with E-state index in [1.54, 1.807) is 4.90 Å². The van der Waals surface area contributed by atoms with Crippen LogP contribution in [0.5, 0.6) is 0 Å². The number of benzene rings is 1. The number of H-pyrrole nitrogens is 1. The molecule has 1 aromatic heterocycles. The van der Waals surface area contributed by atoms with E-state index in [9.17, 15) is 13.6 Å². The summed E-state index contributed by atoms with van der Waals surface area (Å²) in [7, 11) is 0. The molecule has 3 rings (SSSR count). The average molecular weight is 351 g/mol. The lowest BCUT2D eigenvalue weighted by molar-refractivity contribution is 0.00977. The summed E-state index contributed by atoms with van der Waals surface area (Å²) >= 11 is 0. The SMILES string of the molecule is CC(C)(C)OC(=O)N1CCCC[C@H]1Cc1nc2cc(F)c(F)cc2[nH]1. The Labute approximate surface area is 145 Å². The molecule has 7 heteroatoms. The second-order valence-corrected chi connectivity index (χ2v) is 7.49. The van der Waals surface area contributed by atoms with E-state index in [2.05, 4.69) is 9.97 Å². The third-order valence-electron chi connectivity index (χ3n) is 4.26. The molecular weight excluding hydrogens is 328 g/mol. The van der Waals surface area contributed by atoms with Crippen molar-refractivity contribution in [3.05, 3.63) is 29.6 Å². The number of carbonyl (C=O) groups is 1. The number of ether oxygens (including phenoxy) is 1. The number of nitrogens with zero attached hydrogens (tertiary/aromatic N) is 2. The van der Waals surface area contributed by atoms with Gasteiger partial charge < -0.3 is 14.6 Å². The summed E-state index contributed by atoms with van der Waals surface area (Å²) in [4.78, 5) is 21.5. The van der Waals surface area contributed by atoms with E-state index in [1.807, 2.05) is 20.8 Å². The van der Waals surface area contributed by atoms with Gasteiger partial charge in [0.25, 0.3) is 0 Å². The Morgan fingerprint density at radius 2 is 2.04 bits per heavy atom. The van der Waals surface area contributed by atoms with Crippen molar-refractivity contribution in [3.63, 3.8) is 0 Å². The fourth-order valence-corrected chi connectivity index (χ4v) is 3.15. The maximum absolute atomic E-state index is 13.3. The van der Waals surface area contributed by atoms with Gasteiger partial charge in [0, 0.05) is 31.1 Å². The first-order valence-electron chi connectivity index (χ1n) is 8.56. The van der Waals surface area contributed by atoms with Crippen LogP contribution in [0.4, 0.5) is 13.6 Å². The zero-order valence-electron chi connectivity index (χ0n) is 14.7. The van der Waals surface area contributed by atoms with Crippen LogP contribution in [0, 0.1) is 11.6 Å². The molecule has 1 atom stereocenters. The number of halogens is 2. The highest BCUT2D eigenvalue weighted by Gasteiger charge is 2.31. The number of aromatic nitrogens is 2. The predicted molar refractivity (Wildman–Crippen MR) is 90.3 cm³/mol. The maximum atomic E-state index is 13.3. The molecule has 25 heavy (non-hydrogen) atoms. The van der Waals surface area contributed by atoms with Gasteiger partial charge in [0.05, 0.1) is 11.0 Å². The zero-order chi connectivity index (χ0) is 18.2. The van der Waals surface area contributed by atoms with Crippen LogP contribution >= 0.6 is 0 Å². The molecule has 1 amide bonds. The van der Waals surface area contributed by atoms with Gasteiger partial charge in [-0.1, -0.05) is 0 Å². The van der Waals surface area contributed by atoms with Crippen LogP contribution in [0.2, 0.25) is 0 Å². The molecule has 1 aliphatic heterocycles. The summed E-state index contributed by atoms with van der Waals surface area (Å²) in [5.41, 5.74) is 0.287. The molecule has 0 spiro atoms. The predicted octanol–water partition coefficient (Wildman–Crippen LogP) is 4.17. The number of carbonyl (C=O) groups excluding carboxylic acids is 1. The maximum Gasteiger partial charge on any atom is 0.410 e. The topological polar surface area (TPSA) is 58.2 Å². The molecule has 2 heterocycles. The summed E-state index contributed by atoms with van der Waals surface area (Å²) < 4.78 is 32.2. The smallest absolute Gasteiger partial charge is 0.410 e. The molecule has 0 radical (unpaired) electrons. The normalized spacial score (nSPS) is 18.6. The second-order valence-electron chi connectivity index (χ2n) is 7.49. The van der Waals surface area contributed by atoms with Crippen LogP contribution in [-0.4, -0.2) is 39.1 Å². The summed E-state index contributed by atoms with van der Waals surface area (Å²) in [6, 6.07) is 2.14. The summed E-state index contributed by atoms with van der Waals surface area (Å²) in [5.74, 6) is -1.21. The lowest BCUT2D eigenvalue weighted by atomic mass is 9.99. The number of imidazole rings is 1. The van der Waals surface area contributed by atoms with Crippen LogP contribution in [0.1, 0.15) is 45.9 Å². The first-order chi connectivity index (χ1) is 11.7. The molecule has 1 aliphatic rings. The number of hydrogen-bond acceptors (Lipinski definition) is 3. The van der Waals surface area contributed by atoms with Gasteiger partial charge in [-0.05, 0) is 40.0 Å². The standard InChI is InChI=1S/C18H23F2N3O2/c1-18(2,3)25-17(24)23-7-5-4-6-11(23)8-16-21-14-9-12(19)13(20)10-15(14)22-16/h9-11H,4-8H2,1-3H3,(H,21,22)/t11-/m0/s1. The first kappa shape index (κ1) is 17.6. The van der Waals surface area contributed by atoms with Crippen molar-refractivity contribution >= 4 is 17.1 Å². The fraction of sp³-hybridized carbons (Fsp3) is 0.556. The van der Waals surface area contributed by atoms with Gasteiger partial charge in [-0.2, -0.15) is 0 Å². The minimum absolute atomic E-state index is 0.0427. The average Bonchev–Trinajstić information content (AvgIpc) is 2.87. The van der Waals surface area contributed by atoms with E-state index in [4.69, 9.17) is 4.74 Å². The van der Waals surface area contributed by atoms with Gasteiger partial charge >= 0.3 is 6.09 Å². The minimum Gasteiger partial charge on any atom is -0.444 e. The number of nitrogens with one attached hydrogen (secondary N) is 1. The second kappa shape index (κ2) is 6.61. The highest BCUT2D eigenvalue weighted by molar-refractivity contribution is 5.75. The zero-order valence-corrected chi connectivity index (χ0v) is 14.7. The number of amides is 1. The van der Waals surface area contributed by atoms with Gasteiger partial charge in [-0.25, -0.2) is 18.6 Å². The van der Waals surface area contributed by atoms with Crippen LogP contribution < -0.4 is 0 Å². The van der Waals surface area contributed by atoms with Crippen molar-refractivity contribution < 1.29 is 18.3 Å². The van der Waals surface area contributed by atoms with E-state index in [0.29, 0.717) is 29.8 Å². The van der Waals surface area contributed by atoms with Crippen molar-refractivity contribution in [2.45, 2.75) is 58.1 Å². The molecule has 2 aromatic rings. The Morgan fingerprint density at radius 3 is 2.76 bits per heavy atom. The highest BCUT2D eigenvalue weighted by atomic mass is 19.2. The Kier molecular flexibility index (Phi) is 4.67. The van der Waals surface area contributed by atoms with Gasteiger partial charge in [0.2, 0.25) is 0 Å². The highest BCUT2D eigenvalue weighted by Crippen LogP contribution is 2.24. The van der Waals surface area contributed by atoms with E-state index < -0.39 is 17.2 Å². The van der Waals surface area contributed by atoms with Gasteiger partial charge in [-0.15, -0.1) is 0 Å². The quantitative estimate of drug-likeness (QED) is 0.883. The number of fused-ring (bicyclic) bond motifs is 1. The Bertz CT molecular complexity index is 743. The van der Waals surface area contributed by atoms with Crippen LogP contribution in [0.25, 0.3) is 11.0 Å². The molecule has 1 N–H and O–H groups in total. The van der Waals surface area contributed by atoms with Crippen molar-refractivity contribution in [1.82, 2.24) is 14.9 Å². The molecule has 1 aromatic carbocycles. The minimum atomic E-state index is -0.918. The number of aromatic amines is 1. The van der Waals surface area contributed by atoms with Gasteiger partial charge in [-0.3, -0.25) is 0 Å². The van der Waals surface area contributed by atoms with Gasteiger partial charge in [0.15, 0.2) is 11.6 Å². The third kappa shape index (κ3) is 4.08. The molecule has 0 aliphatic carbocycles. The lowest BCUT2D eigenvalue weighted by Crippen LogP contribution is -2.47. The van der Waals surface area contributed by atoms with E-state index in [-0.39, 0.29) is 12.1 Å². The van der Waals surface area contributed by atoms with Crippen molar-refractivity contribution in [2.24, 2.45) is 0 Å². The third-order valence-corrected chi connectivity index (χ3v) is 4.26. The number of rotatable bonds is 2. The molecule has 136 valence electrons. The molecule has 1 saturated heterocycles. The van der Waals surface area contributed by atoms with Gasteiger partial charge in [0.1, 0.15) is 11.4 Å².